The van der Waals surface area contributed by atoms with Gasteiger partial charge in [-0.15, -0.1) is 10.2 Å². The van der Waals surface area contributed by atoms with Gasteiger partial charge in [0.2, 0.25) is 11.8 Å². The van der Waals surface area contributed by atoms with Crippen molar-refractivity contribution >= 4 is 6.03 Å². The van der Waals surface area contributed by atoms with Crippen LogP contribution in [0.25, 0.3) is 11.5 Å². The van der Waals surface area contributed by atoms with Crippen molar-refractivity contribution in [2.24, 2.45) is 23.7 Å². The van der Waals surface area contributed by atoms with Gasteiger partial charge >= 0.3 is 6.03 Å². The Bertz CT molecular complexity index is 926. The largest absolute Gasteiger partial charge is 0.421 e. The molecule has 1 aliphatic carbocycles. The van der Waals surface area contributed by atoms with E-state index in [9.17, 15) is 4.79 Å². The lowest BCUT2D eigenvalue weighted by atomic mass is 9.70. The van der Waals surface area contributed by atoms with Crippen molar-refractivity contribution in [3.8, 4) is 11.5 Å². The summed E-state index contributed by atoms with van der Waals surface area (Å²) in [7, 11) is 0. The number of hydrogen-bond donors (Lipinski definition) is 2. The fraction of sp³-hybridized carbons (Fsp3) is 0.583. The first-order valence-corrected chi connectivity index (χ1v) is 11.7. The smallest absolute Gasteiger partial charge is 0.317 e. The SMILES string of the molecule is CC1=C[C@@H](CNCCN2CCNC2=O)[C@H](C(C)C)C[C@H]1Cc1nnc(-c2cccnc2)o1. The lowest BCUT2D eigenvalue weighted by Gasteiger charge is -2.37. The first-order valence-electron chi connectivity index (χ1n) is 11.7. The maximum atomic E-state index is 11.7. The van der Waals surface area contributed by atoms with Gasteiger partial charge in [-0.2, -0.15) is 0 Å². The number of nitrogens with zero attached hydrogens (tertiary/aromatic N) is 4. The molecule has 4 rings (SSSR count). The number of pyridine rings is 1. The average molecular weight is 439 g/mol. The third kappa shape index (κ3) is 5.35. The molecule has 0 radical (unpaired) electrons. The molecule has 0 spiro atoms. The summed E-state index contributed by atoms with van der Waals surface area (Å²) in [6.07, 6.45) is 7.80. The second-order valence-corrected chi connectivity index (χ2v) is 9.28. The summed E-state index contributed by atoms with van der Waals surface area (Å²) < 4.78 is 5.94. The molecule has 8 nitrogen and oxygen atoms in total. The minimum atomic E-state index is 0.0517. The molecule has 2 N–H and O–H groups in total. The van der Waals surface area contributed by atoms with Crippen molar-refractivity contribution < 1.29 is 9.21 Å². The molecule has 0 aromatic carbocycles. The van der Waals surface area contributed by atoms with Crippen LogP contribution in [0.5, 0.6) is 0 Å². The topological polar surface area (TPSA) is 96.2 Å². The van der Waals surface area contributed by atoms with Gasteiger partial charge in [0.05, 0.1) is 5.56 Å². The quantitative estimate of drug-likeness (QED) is 0.461. The second kappa shape index (κ2) is 10.3. The first-order chi connectivity index (χ1) is 15.5. The van der Waals surface area contributed by atoms with Crippen LogP contribution in [0.15, 0.2) is 40.6 Å². The van der Waals surface area contributed by atoms with Gasteiger partial charge in [-0.05, 0) is 49.1 Å². The zero-order valence-electron chi connectivity index (χ0n) is 19.3. The van der Waals surface area contributed by atoms with E-state index < -0.39 is 0 Å². The summed E-state index contributed by atoms with van der Waals surface area (Å²) in [5.41, 5.74) is 2.24. The van der Waals surface area contributed by atoms with Crippen LogP contribution < -0.4 is 10.6 Å². The molecule has 2 amide bonds. The highest BCUT2D eigenvalue weighted by Gasteiger charge is 2.32. The number of aromatic nitrogens is 3. The van der Waals surface area contributed by atoms with Gasteiger partial charge in [0.15, 0.2) is 0 Å². The number of amides is 2. The van der Waals surface area contributed by atoms with Crippen LogP contribution in [-0.4, -0.2) is 58.8 Å². The fourth-order valence-electron chi connectivity index (χ4n) is 4.87. The molecule has 0 saturated carbocycles. The molecule has 8 heteroatoms. The number of carbonyl (C=O) groups is 1. The van der Waals surface area contributed by atoms with Crippen molar-refractivity contribution in [1.29, 1.82) is 0 Å². The van der Waals surface area contributed by atoms with Crippen molar-refractivity contribution in [3.05, 3.63) is 42.1 Å². The Morgan fingerprint density at radius 3 is 2.94 bits per heavy atom. The Kier molecular flexibility index (Phi) is 7.19. The molecule has 0 unspecified atom stereocenters. The molecule has 32 heavy (non-hydrogen) atoms. The van der Waals surface area contributed by atoms with Crippen LogP contribution in [0.1, 0.15) is 33.1 Å². The van der Waals surface area contributed by atoms with Crippen LogP contribution in [0, 0.1) is 23.7 Å². The Balaban J connectivity index is 1.34. The Hall–Kier alpha value is -2.74. The van der Waals surface area contributed by atoms with Crippen LogP contribution in [0.2, 0.25) is 0 Å². The van der Waals surface area contributed by atoms with Crippen molar-refractivity contribution in [2.45, 2.75) is 33.6 Å². The van der Waals surface area contributed by atoms with E-state index in [0.717, 1.165) is 51.1 Å². The molecule has 172 valence electrons. The summed E-state index contributed by atoms with van der Waals surface area (Å²) in [5, 5.41) is 14.9. The van der Waals surface area contributed by atoms with Gasteiger partial charge < -0.3 is 20.0 Å². The molecule has 1 fully saturated rings. The zero-order chi connectivity index (χ0) is 22.5. The van der Waals surface area contributed by atoms with Crippen molar-refractivity contribution in [1.82, 2.24) is 30.7 Å². The average Bonchev–Trinajstić information content (AvgIpc) is 3.42. The predicted molar refractivity (Wildman–Crippen MR) is 123 cm³/mol. The summed E-state index contributed by atoms with van der Waals surface area (Å²) >= 11 is 0. The van der Waals surface area contributed by atoms with Crippen molar-refractivity contribution in [2.75, 3.05) is 32.7 Å². The summed E-state index contributed by atoms with van der Waals surface area (Å²) in [5.74, 6) is 3.30. The standard InChI is InChI=1S/C24H34N6O2/c1-16(2)21-12-19(13-22-28-29-23(32-22)18-5-4-6-25-14-18)17(3)11-20(21)15-26-7-9-30-10-8-27-24(30)31/h4-6,11,14,16,19-21,26H,7-10,12-13,15H2,1-3H3,(H,27,31)/t19-,20-,21-/m0/s1. The highest BCUT2D eigenvalue weighted by molar-refractivity contribution is 5.76. The van der Waals surface area contributed by atoms with E-state index in [-0.39, 0.29) is 6.03 Å². The third-order valence-electron chi connectivity index (χ3n) is 6.76. The minimum Gasteiger partial charge on any atom is -0.421 e. The summed E-state index contributed by atoms with van der Waals surface area (Å²) in [6, 6.07) is 3.85. The molecular weight excluding hydrogens is 404 g/mol. The predicted octanol–water partition coefficient (Wildman–Crippen LogP) is 3.14. The van der Waals surface area contributed by atoms with Gasteiger partial charge in [-0.3, -0.25) is 4.98 Å². The number of allylic oxidation sites excluding steroid dienone is 1. The van der Waals surface area contributed by atoms with E-state index in [1.807, 2.05) is 17.0 Å². The van der Waals surface area contributed by atoms with E-state index in [0.29, 0.717) is 35.5 Å². The molecule has 0 bridgehead atoms. The normalized spacial score (nSPS) is 23.5. The van der Waals surface area contributed by atoms with Gasteiger partial charge in [0.25, 0.3) is 0 Å². The molecule has 2 aromatic rings. The maximum Gasteiger partial charge on any atom is 0.317 e. The number of carbonyl (C=O) groups excluding carboxylic acids is 1. The van der Waals surface area contributed by atoms with Crippen LogP contribution in [0.3, 0.4) is 0 Å². The van der Waals surface area contributed by atoms with Gasteiger partial charge in [-0.25, -0.2) is 4.79 Å². The van der Waals surface area contributed by atoms with Crippen LogP contribution >= 0.6 is 0 Å². The van der Waals surface area contributed by atoms with E-state index in [1.165, 1.54) is 5.57 Å². The molecule has 3 atom stereocenters. The minimum absolute atomic E-state index is 0.0517. The Morgan fingerprint density at radius 2 is 2.22 bits per heavy atom. The van der Waals surface area contributed by atoms with Crippen LogP contribution in [-0.2, 0) is 6.42 Å². The number of urea groups is 1. The Morgan fingerprint density at radius 1 is 1.34 bits per heavy atom. The lowest BCUT2D eigenvalue weighted by Crippen LogP contribution is -2.39. The Labute approximate surface area is 189 Å². The molecule has 2 aromatic heterocycles. The zero-order valence-corrected chi connectivity index (χ0v) is 19.3. The highest BCUT2D eigenvalue weighted by Crippen LogP contribution is 2.38. The van der Waals surface area contributed by atoms with Gasteiger partial charge in [-0.1, -0.05) is 25.5 Å². The van der Waals surface area contributed by atoms with Crippen molar-refractivity contribution in [3.63, 3.8) is 0 Å². The van der Waals surface area contributed by atoms with E-state index in [4.69, 9.17) is 4.42 Å². The molecule has 1 saturated heterocycles. The first kappa shape index (κ1) is 22.5. The molecule has 3 heterocycles. The van der Waals surface area contributed by atoms with Gasteiger partial charge in [0, 0.05) is 51.5 Å². The number of hydrogen-bond acceptors (Lipinski definition) is 6. The van der Waals surface area contributed by atoms with Crippen LogP contribution in [0.4, 0.5) is 4.79 Å². The highest BCUT2D eigenvalue weighted by atomic mass is 16.4. The number of rotatable bonds is 9. The van der Waals surface area contributed by atoms with E-state index >= 15 is 0 Å². The molecule has 1 aliphatic heterocycles. The fourth-order valence-corrected chi connectivity index (χ4v) is 4.87. The summed E-state index contributed by atoms with van der Waals surface area (Å²) in [4.78, 5) is 17.7. The lowest BCUT2D eigenvalue weighted by molar-refractivity contribution is 0.210. The second-order valence-electron chi connectivity index (χ2n) is 9.28. The maximum absolute atomic E-state index is 11.7. The monoisotopic (exact) mass is 438 g/mol. The molecular formula is C24H34N6O2. The molecule has 2 aliphatic rings. The van der Waals surface area contributed by atoms with E-state index in [1.54, 1.807) is 12.4 Å². The number of nitrogens with one attached hydrogen (secondary N) is 2. The summed E-state index contributed by atoms with van der Waals surface area (Å²) in [6.45, 7) is 10.9. The van der Waals surface area contributed by atoms with Gasteiger partial charge in [0.1, 0.15) is 0 Å². The van der Waals surface area contributed by atoms with E-state index in [2.05, 4.69) is 52.7 Å². The third-order valence-corrected chi connectivity index (χ3v) is 6.76.